The largest absolute Gasteiger partial charge is 0.481 e. The number of anilines is 1. The van der Waals surface area contributed by atoms with E-state index in [0.29, 0.717) is 17.7 Å². The molecule has 1 unspecified atom stereocenters. The molecule has 35 heavy (non-hydrogen) atoms. The first-order chi connectivity index (χ1) is 16.9. The number of alkyl carbamates (subject to hydrolysis) is 1. The van der Waals surface area contributed by atoms with Crippen LogP contribution in [0.15, 0.2) is 72.8 Å². The van der Waals surface area contributed by atoms with Crippen molar-refractivity contribution in [1.82, 2.24) is 5.32 Å². The van der Waals surface area contributed by atoms with E-state index >= 15 is 0 Å². The van der Waals surface area contributed by atoms with E-state index in [4.69, 9.17) is 9.84 Å². The Morgan fingerprint density at radius 2 is 1.49 bits per heavy atom. The fourth-order valence-electron chi connectivity index (χ4n) is 4.36. The van der Waals surface area contributed by atoms with Crippen LogP contribution in [0.25, 0.3) is 11.1 Å². The van der Waals surface area contributed by atoms with Gasteiger partial charge in [0.1, 0.15) is 12.6 Å². The van der Waals surface area contributed by atoms with Crippen molar-refractivity contribution >= 4 is 23.7 Å². The molecule has 0 saturated carbocycles. The minimum atomic E-state index is -0.917. The average Bonchev–Trinajstić information content (AvgIpc) is 3.19. The number of nitrogens with one attached hydrogen (secondary N) is 2. The molecule has 0 bridgehead atoms. The van der Waals surface area contributed by atoms with E-state index in [-0.39, 0.29) is 18.4 Å². The molecule has 3 aromatic rings. The molecule has 0 spiro atoms. The highest BCUT2D eigenvalue weighted by Crippen LogP contribution is 2.44. The van der Waals surface area contributed by atoms with Gasteiger partial charge in [0.25, 0.3) is 0 Å². The predicted octanol–water partition coefficient (Wildman–Crippen LogP) is 5.13. The van der Waals surface area contributed by atoms with Gasteiger partial charge < -0.3 is 20.5 Å². The number of rotatable bonds is 8. The Morgan fingerprint density at radius 1 is 0.914 bits per heavy atom. The van der Waals surface area contributed by atoms with Gasteiger partial charge in [-0.15, -0.1) is 0 Å². The van der Waals surface area contributed by atoms with Crippen LogP contribution in [0.1, 0.15) is 48.8 Å². The van der Waals surface area contributed by atoms with Crippen LogP contribution in [-0.4, -0.2) is 35.7 Å². The number of aliphatic carboxylic acids is 1. The van der Waals surface area contributed by atoms with Crippen molar-refractivity contribution in [3.8, 4) is 11.1 Å². The van der Waals surface area contributed by atoms with E-state index in [0.717, 1.165) is 22.3 Å². The third-order valence-electron chi connectivity index (χ3n) is 6.41. The summed E-state index contributed by atoms with van der Waals surface area (Å²) in [5.41, 5.74) is 5.68. The number of fused-ring (bicyclic) bond motifs is 3. The molecule has 0 fully saturated rings. The Labute approximate surface area is 204 Å². The Morgan fingerprint density at radius 3 is 2.03 bits per heavy atom. The van der Waals surface area contributed by atoms with E-state index in [2.05, 4.69) is 22.8 Å². The summed E-state index contributed by atoms with van der Waals surface area (Å²) in [6.45, 7) is 3.56. The summed E-state index contributed by atoms with van der Waals surface area (Å²) in [5.74, 6) is -1.99. The second kappa shape index (κ2) is 10.4. The number of benzene rings is 3. The van der Waals surface area contributed by atoms with Gasteiger partial charge in [-0.25, -0.2) is 4.79 Å². The average molecular weight is 473 g/mol. The molecule has 1 aliphatic carbocycles. The number of hydrogen-bond acceptors (Lipinski definition) is 4. The van der Waals surface area contributed by atoms with Crippen molar-refractivity contribution in [2.75, 3.05) is 11.9 Å². The number of amides is 2. The number of ether oxygens (including phenoxy) is 1. The van der Waals surface area contributed by atoms with Gasteiger partial charge in [0.15, 0.2) is 0 Å². The van der Waals surface area contributed by atoms with E-state index in [1.165, 1.54) is 0 Å². The minimum absolute atomic E-state index is 0.0613. The van der Waals surface area contributed by atoms with Crippen molar-refractivity contribution in [3.63, 3.8) is 0 Å². The van der Waals surface area contributed by atoms with Crippen molar-refractivity contribution in [2.45, 2.75) is 38.1 Å². The summed E-state index contributed by atoms with van der Waals surface area (Å²) in [5, 5.41) is 14.5. The zero-order valence-corrected chi connectivity index (χ0v) is 19.7. The van der Waals surface area contributed by atoms with Crippen molar-refractivity contribution in [3.05, 3.63) is 89.5 Å². The molecular formula is C28H28N2O5. The predicted molar refractivity (Wildman–Crippen MR) is 133 cm³/mol. The third kappa shape index (κ3) is 5.19. The number of carboxylic acid groups (broad SMARTS) is 1. The van der Waals surface area contributed by atoms with Crippen LogP contribution in [0.2, 0.25) is 0 Å². The first-order valence-electron chi connectivity index (χ1n) is 11.6. The molecule has 0 saturated heterocycles. The lowest BCUT2D eigenvalue weighted by Crippen LogP contribution is -2.43. The van der Waals surface area contributed by atoms with E-state index < -0.39 is 24.0 Å². The Bertz CT molecular complexity index is 1190. The molecule has 7 heteroatoms. The second-order valence-electron chi connectivity index (χ2n) is 8.60. The van der Waals surface area contributed by atoms with Gasteiger partial charge in [-0.1, -0.05) is 67.6 Å². The Hall–Kier alpha value is -4.13. The maximum absolute atomic E-state index is 12.7. The first-order valence-corrected chi connectivity index (χ1v) is 11.6. The highest BCUT2D eigenvalue weighted by atomic mass is 16.5. The number of hydrogen-bond donors (Lipinski definition) is 3. The molecule has 0 radical (unpaired) electrons. The molecule has 7 nitrogen and oxygen atoms in total. The van der Waals surface area contributed by atoms with Gasteiger partial charge in [0, 0.05) is 11.6 Å². The fourth-order valence-corrected chi connectivity index (χ4v) is 4.36. The van der Waals surface area contributed by atoms with Gasteiger partial charge in [-0.05, 0) is 53.3 Å². The molecule has 4 rings (SSSR count). The molecule has 0 aromatic heterocycles. The molecule has 3 N–H and O–H groups in total. The van der Waals surface area contributed by atoms with Crippen molar-refractivity contribution < 1.29 is 24.2 Å². The quantitative estimate of drug-likeness (QED) is 0.422. The molecule has 2 atom stereocenters. The van der Waals surface area contributed by atoms with Gasteiger partial charge in [-0.2, -0.15) is 0 Å². The standard InChI is InChI=1S/C28H28N2O5/c1-3-25(26(31)29-19-14-12-18(13-15-19)17(2)27(32)33)30-28(34)35-16-24-22-10-6-4-8-20(22)21-9-5-7-11-23(21)24/h4-15,17,24-25H,3,16H2,1-2H3,(H,29,31)(H,30,34)(H,32,33)/t17?,25-/m1/s1. The zero-order valence-electron chi connectivity index (χ0n) is 19.7. The normalized spacial score (nSPS) is 13.8. The third-order valence-corrected chi connectivity index (χ3v) is 6.41. The van der Waals surface area contributed by atoms with Crippen LogP contribution in [0.4, 0.5) is 10.5 Å². The van der Waals surface area contributed by atoms with Crippen LogP contribution in [0.5, 0.6) is 0 Å². The molecule has 0 heterocycles. The maximum Gasteiger partial charge on any atom is 0.407 e. The Kier molecular flexibility index (Phi) is 7.15. The highest BCUT2D eigenvalue weighted by Gasteiger charge is 2.29. The zero-order chi connectivity index (χ0) is 24.9. The van der Waals surface area contributed by atoms with Gasteiger partial charge in [-0.3, -0.25) is 9.59 Å². The van der Waals surface area contributed by atoms with Crippen molar-refractivity contribution in [1.29, 1.82) is 0 Å². The maximum atomic E-state index is 12.7. The lowest BCUT2D eigenvalue weighted by atomic mass is 9.98. The van der Waals surface area contributed by atoms with Crippen LogP contribution >= 0.6 is 0 Å². The van der Waals surface area contributed by atoms with Gasteiger partial charge in [0.2, 0.25) is 5.91 Å². The van der Waals surface area contributed by atoms with E-state index in [9.17, 15) is 14.4 Å². The first kappa shape index (κ1) is 24.0. The lowest BCUT2D eigenvalue weighted by Gasteiger charge is -2.19. The summed E-state index contributed by atoms with van der Waals surface area (Å²) in [7, 11) is 0. The number of carbonyl (C=O) groups is 3. The summed E-state index contributed by atoms with van der Waals surface area (Å²) < 4.78 is 5.55. The molecule has 180 valence electrons. The smallest absolute Gasteiger partial charge is 0.407 e. The second-order valence-corrected chi connectivity index (χ2v) is 8.60. The molecule has 3 aromatic carbocycles. The number of carbonyl (C=O) groups excluding carboxylic acids is 2. The molecule has 1 aliphatic rings. The fraction of sp³-hybridized carbons (Fsp3) is 0.250. The Balaban J connectivity index is 1.35. The SMILES string of the molecule is CC[C@@H](NC(=O)OCC1c2ccccc2-c2ccccc21)C(=O)Nc1ccc(C(C)C(=O)O)cc1. The summed E-state index contributed by atoms with van der Waals surface area (Å²) in [6, 6.07) is 22.0. The van der Waals surface area contributed by atoms with Crippen LogP contribution in [0, 0.1) is 0 Å². The lowest BCUT2D eigenvalue weighted by molar-refractivity contribution is -0.138. The summed E-state index contributed by atoms with van der Waals surface area (Å²) in [6.07, 6.45) is -0.274. The van der Waals surface area contributed by atoms with E-state index in [1.807, 2.05) is 36.4 Å². The van der Waals surface area contributed by atoms with E-state index in [1.54, 1.807) is 38.1 Å². The van der Waals surface area contributed by atoms with Gasteiger partial charge >= 0.3 is 12.1 Å². The topological polar surface area (TPSA) is 105 Å². The highest BCUT2D eigenvalue weighted by molar-refractivity contribution is 5.96. The summed E-state index contributed by atoms with van der Waals surface area (Å²) in [4.78, 5) is 36.4. The number of carboxylic acids is 1. The van der Waals surface area contributed by atoms with Crippen molar-refractivity contribution in [2.24, 2.45) is 0 Å². The molecular weight excluding hydrogens is 444 g/mol. The van der Waals surface area contributed by atoms with Crippen LogP contribution in [-0.2, 0) is 14.3 Å². The molecule has 2 amide bonds. The molecule has 0 aliphatic heterocycles. The summed E-state index contributed by atoms with van der Waals surface area (Å²) >= 11 is 0. The van der Waals surface area contributed by atoms with Crippen LogP contribution in [0.3, 0.4) is 0 Å². The monoisotopic (exact) mass is 472 g/mol. The minimum Gasteiger partial charge on any atom is -0.481 e. The van der Waals surface area contributed by atoms with Crippen LogP contribution < -0.4 is 10.6 Å². The van der Waals surface area contributed by atoms with Gasteiger partial charge in [0.05, 0.1) is 5.92 Å².